The Balaban J connectivity index is 2.09. The predicted octanol–water partition coefficient (Wildman–Crippen LogP) is 3.60. The largest absolute Gasteiger partial charge is 0.409 e. The fourth-order valence-corrected chi connectivity index (χ4v) is 2.63. The minimum atomic E-state index is -1.16. The van der Waals surface area contributed by atoms with Gasteiger partial charge in [-0.1, -0.05) is 16.8 Å². The Hall–Kier alpha value is -2.78. The number of nitrogens with zero attached hydrogens (tertiary/aromatic N) is 2. The molecule has 26 heavy (non-hydrogen) atoms. The molecule has 0 aliphatic rings. The first-order valence-electron chi connectivity index (χ1n) is 7.40. The van der Waals surface area contributed by atoms with E-state index in [1.165, 1.54) is 12.1 Å². The van der Waals surface area contributed by atoms with E-state index in [1.54, 1.807) is 7.05 Å². The number of fused-ring (bicyclic) bond motifs is 1. The normalized spacial score (nSPS) is 12.0. The van der Waals surface area contributed by atoms with Gasteiger partial charge in [0.05, 0.1) is 17.1 Å². The van der Waals surface area contributed by atoms with E-state index in [-0.39, 0.29) is 33.1 Å². The van der Waals surface area contributed by atoms with Crippen molar-refractivity contribution in [2.24, 2.45) is 5.16 Å². The molecule has 0 bridgehead atoms. The lowest BCUT2D eigenvalue weighted by Gasteiger charge is -2.10. The summed E-state index contributed by atoms with van der Waals surface area (Å²) in [5.74, 6) is -2.73. The molecule has 0 fully saturated rings. The minimum Gasteiger partial charge on any atom is -0.409 e. The van der Waals surface area contributed by atoms with Crippen LogP contribution in [0.5, 0.6) is 0 Å². The van der Waals surface area contributed by atoms with Crippen molar-refractivity contribution in [2.75, 3.05) is 12.4 Å². The van der Waals surface area contributed by atoms with Crippen molar-refractivity contribution in [1.29, 1.82) is 0 Å². The molecule has 136 valence electrons. The maximum Gasteiger partial charge on any atom is 0.186 e. The molecule has 0 atom stereocenters. The van der Waals surface area contributed by atoms with Crippen molar-refractivity contribution in [3.63, 3.8) is 0 Å². The third kappa shape index (κ3) is 3.31. The van der Waals surface area contributed by atoms with E-state index in [0.717, 1.165) is 12.1 Å². The van der Waals surface area contributed by atoms with Gasteiger partial charge >= 0.3 is 0 Å². The van der Waals surface area contributed by atoms with Crippen LogP contribution in [0.2, 0.25) is 5.02 Å². The maximum atomic E-state index is 14.1. The molecule has 1 heterocycles. The topological polar surface area (TPSA) is 85.3 Å². The highest BCUT2D eigenvalue weighted by Crippen LogP contribution is 2.25. The summed E-state index contributed by atoms with van der Waals surface area (Å²) in [4.78, 5) is 6.86. The average molecular weight is 384 g/mol. The smallest absolute Gasteiger partial charge is 0.186 e. The van der Waals surface area contributed by atoms with Gasteiger partial charge in [-0.25, -0.2) is 18.2 Å². The molecule has 0 aliphatic heterocycles. The Morgan fingerprint density at radius 2 is 2.04 bits per heavy atom. The summed E-state index contributed by atoms with van der Waals surface area (Å²) in [5, 5.41) is 17.8. The molecule has 0 saturated carbocycles. The number of anilines is 1. The lowest BCUT2D eigenvalue weighted by molar-refractivity contribution is 0.319. The summed E-state index contributed by atoms with van der Waals surface area (Å²) in [5.41, 5.74) is 0.238. The van der Waals surface area contributed by atoms with Crippen molar-refractivity contribution in [2.45, 2.75) is 6.54 Å². The third-order valence-electron chi connectivity index (χ3n) is 3.59. The van der Waals surface area contributed by atoms with Crippen LogP contribution in [0.1, 0.15) is 11.4 Å². The number of amidine groups is 1. The molecule has 3 aromatic rings. The lowest BCUT2D eigenvalue weighted by Crippen LogP contribution is -2.15. The van der Waals surface area contributed by atoms with E-state index < -0.39 is 17.5 Å². The van der Waals surface area contributed by atoms with Crippen LogP contribution in [0, 0.1) is 17.5 Å². The first kappa shape index (κ1) is 18.0. The Labute approximate surface area is 150 Å². The molecule has 1 aromatic heterocycles. The summed E-state index contributed by atoms with van der Waals surface area (Å²) >= 11 is 5.72. The SMILES string of the molecule is CNCc1nc2c(F)c(F)cc(/C(=N/O)Nc3ccc(F)c(Cl)c3)c2[nH]1. The van der Waals surface area contributed by atoms with Gasteiger partial charge in [0.1, 0.15) is 17.2 Å². The van der Waals surface area contributed by atoms with Crippen LogP contribution >= 0.6 is 11.6 Å². The summed E-state index contributed by atoms with van der Waals surface area (Å²) in [6, 6.07) is 4.59. The molecule has 10 heteroatoms. The quantitative estimate of drug-likeness (QED) is 0.240. The Bertz CT molecular complexity index is 1010. The standard InChI is InChI=1S/C16H13ClF3N5O/c1-21-6-12-23-14-8(5-11(19)13(20)15(14)24-12)16(25-26)22-7-2-3-10(18)9(17)4-7/h2-5,21,26H,6H2,1H3,(H,22,25)(H,23,24). The van der Waals surface area contributed by atoms with Gasteiger partial charge in [0.2, 0.25) is 0 Å². The van der Waals surface area contributed by atoms with E-state index in [9.17, 15) is 18.4 Å². The van der Waals surface area contributed by atoms with Crippen LogP contribution in [-0.4, -0.2) is 28.1 Å². The Morgan fingerprint density at radius 1 is 1.27 bits per heavy atom. The number of hydrogen-bond acceptors (Lipinski definition) is 4. The number of oxime groups is 1. The van der Waals surface area contributed by atoms with Crippen molar-refractivity contribution in [1.82, 2.24) is 15.3 Å². The van der Waals surface area contributed by atoms with Crippen molar-refractivity contribution < 1.29 is 18.4 Å². The van der Waals surface area contributed by atoms with Gasteiger partial charge in [0, 0.05) is 11.3 Å². The summed E-state index contributed by atoms with van der Waals surface area (Å²) in [6.07, 6.45) is 0. The van der Waals surface area contributed by atoms with E-state index in [4.69, 9.17) is 11.6 Å². The highest BCUT2D eigenvalue weighted by atomic mass is 35.5. The molecule has 0 aliphatic carbocycles. The molecule has 2 aromatic carbocycles. The predicted molar refractivity (Wildman–Crippen MR) is 92.1 cm³/mol. The van der Waals surface area contributed by atoms with Crippen LogP contribution < -0.4 is 10.6 Å². The number of rotatable bonds is 4. The Morgan fingerprint density at radius 3 is 2.69 bits per heavy atom. The lowest BCUT2D eigenvalue weighted by atomic mass is 10.1. The molecule has 3 rings (SSSR count). The van der Waals surface area contributed by atoms with Gasteiger partial charge in [-0.2, -0.15) is 0 Å². The Kier molecular flexibility index (Phi) is 5.01. The van der Waals surface area contributed by atoms with E-state index in [0.29, 0.717) is 12.4 Å². The third-order valence-corrected chi connectivity index (χ3v) is 3.88. The molecule has 4 N–H and O–H groups in total. The van der Waals surface area contributed by atoms with Gasteiger partial charge in [-0.15, -0.1) is 0 Å². The van der Waals surface area contributed by atoms with Gasteiger partial charge in [0.25, 0.3) is 0 Å². The molecule has 0 radical (unpaired) electrons. The van der Waals surface area contributed by atoms with Gasteiger partial charge in [-0.05, 0) is 31.3 Å². The fourth-order valence-electron chi connectivity index (χ4n) is 2.45. The fraction of sp³-hybridized carbons (Fsp3) is 0.125. The van der Waals surface area contributed by atoms with Gasteiger partial charge in [0.15, 0.2) is 17.5 Å². The van der Waals surface area contributed by atoms with Crippen LogP contribution in [0.25, 0.3) is 11.0 Å². The summed E-state index contributed by atoms with van der Waals surface area (Å²) < 4.78 is 41.3. The number of benzene rings is 2. The first-order chi connectivity index (χ1) is 12.4. The second-order valence-electron chi connectivity index (χ2n) is 5.36. The molecule has 0 unspecified atom stereocenters. The van der Waals surface area contributed by atoms with Crippen molar-refractivity contribution in [3.8, 4) is 0 Å². The number of nitrogens with one attached hydrogen (secondary N) is 3. The second-order valence-corrected chi connectivity index (χ2v) is 5.77. The minimum absolute atomic E-state index is 0.0386. The van der Waals surface area contributed by atoms with E-state index in [1.807, 2.05) is 0 Å². The zero-order valence-corrected chi connectivity index (χ0v) is 14.1. The van der Waals surface area contributed by atoms with Gasteiger partial charge < -0.3 is 20.8 Å². The molecule has 0 spiro atoms. The zero-order chi connectivity index (χ0) is 18.8. The number of hydrogen-bond donors (Lipinski definition) is 4. The number of H-pyrrole nitrogens is 1. The first-order valence-corrected chi connectivity index (χ1v) is 7.78. The van der Waals surface area contributed by atoms with Crippen molar-refractivity contribution >= 4 is 34.2 Å². The van der Waals surface area contributed by atoms with E-state index >= 15 is 0 Å². The number of aromatic amines is 1. The number of aromatic nitrogens is 2. The highest BCUT2D eigenvalue weighted by Gasteiger charge is 2.20. The van der Waals surface area contributed by atoms with E-state index in [2.05, 4.69) is 25.8 Å². The second kappa shape index (κ2) is 7.22. The molecule has 0 amide bonds. The van der Waals surface area contributed by atoms with Crippen LogP contribution in [-0.2, 0) is 6.54 Å². The van der Waals surface area contributed by atoms with Crippen LogP contribution in [0.3, 0.4) is 0 Å². The van der Waals surface area contributed by atoms with Crippen molar-refractivity contribution in [3.05, 3.63) is 58.1 Å². The molecule has 0 saturated heterocycles. The maximum absolute atomic E-state index is 14.1. The summed E-state index contributed by atoms with van der Waals surface area (Å²) in [6.45, 7) is 0.293. The summed E-state index contributed by atoms with van der Waals surface area (Å²) in [7, 11) is 1.67. The molecular weight excluding hydrogens is 371 g/mol. The van der Waals surface area contributed by atoms with Crippen LogP contribution in [0.4, 0.5) is 18.9 Å². The highest BCUT2D eigenvalue weighted by molar-refractivity contribution is 6.31. The monoisotopic (exact) mass is 383 g/mol. The number of imidazole rings is 1. The zero-order valence-electron chi connectivity index (χ0n) is 13.4. The average Bonchev–Trinajstić information content (AvgIpc) is 3.04. The van der Waals surface area contributed by atoms with Crippen LogP contribution in [0.15, 0.2) is 29.4 Å². The number of halogens is 4. The van der Waals surface area contributed by atoms with Gasteiger partial charge in [-0.3, -0.25) is 0 Å². The molecular formula is C16H13ClF3N5O. The molecule has 6 nitrogen and oxygen atoms in total.